The molecule has 0 unspecified atom stereocenters. The van der Waals surface area contributed by atoms with Gasteiger partial charge < -0.3 is 5.73 Å². The Morgan fingerprint density at radius 1 is 1.36 bits per heavy atom. The van der Waals surface area contributed by atoms with E-state index in [1.54, 1.807) is 6.20 Å². The second-order valence-corrected chi connectivity index (χ2v) is 3.35. The molecule has 0 radical (unpaired) electrons. The van der Waals surface area contributed by atoms with Gasteiger partial charge >= 0.3 is 0 Å². The van der Waals surface area contributed by atoms with Crippen LogP contribution in [0.1, 0.15) is 32.1 Å². The quantitative estimate of drug-likeness (QED) is 0.606. The van der Waals surface area contributed by atoms with Crippen molar-refractivity contribution < 1.29 is 0 Å². The van der Waals surface area contributed by atoms with E-state index in [1.807, 2.05) is 0 Å². The van der Waals surface area contributed by atoms with Crippen molar-refractivity contribution in [3.05, 3.63) is 11.8 Å². The van der Waals surface area contributed by atoms with E-state index in [4.69, 9.17) is 5.73 Å². The fraction of sp³-hybridized carbons (Fsp3) is 0.667. The van der Waals surface area contributed by atoms with Gasteiger partial charge in [0.15, 0.2) is 0 Å². The number of hydrogen-bond donors (Lipinski definition) is 1. The van der Waals surface area contributed by atoms with Gasteiger partial charge in [-0.25, -0.2) is 0 Å². The van der Waals surface area contributed by atoms with Crippen molar-refractivity contribution >= 4 is 5.71 Å². The fourth-order valence-electron chi connectivity index (χ4n) is 1.50. The summed E-state index contributed by atoms with van der Waals surface area (Å²) in [6.45, 7) is 0. The third-order valence-electron chi connectivity index (χ3n) is 2.32. The lowest BCUT2D eigenvalue weighted by Crippen LogP contribution is -1.98. The number of rotatable bonds is 1. The van der Waals surface area contributed by atoms with Crippen molar-refractivity contribution in [2.45, 2.75) is 38.1 Å². The standard InChI is InChI=1S/C9H14N2/c10-6-7-2-1-3-9(7)11-8-4-5-8/h6,8H,1-5,10H2. The summed E-state index contributed by atoms with van der Waals surface area (Å²) in [5, 5.41) is 0. The summed E-state index contributed by atoms with van der Waals surface area (Å²) in [6.07, 6.45) is 7.85. The summed E-state index contributed by atoms with van der Waals surface area (Å²) < 4.78 is 0. The number of hydrogen-bond acceptors (Lipinski definition) is 2. The van der Waals surface area contributed by atoms with Gasteiger partial charge in [-0.1, -0.05) is 0 Å². The molecule has 0 bridgehead atoms. The van der Waals surface area contributed by atoms with Crippen LogP contribution in [0.2, 0.25) is 0 Å². The van der Waals surface area contributed by atoms with Gasteiger partial charge in [-0.3, -0.25) is 4.99 Å². The molecule has 0 aromatic carbocycles. The summed E-state index contributed by atoms with van der Waals surface area (Å²) in [4.78, 5) is 4.61. The van der Waals surface area contributed by atoms with Crippen LogP contribution in [-0.2, 0) is 0 Å². The van der Waals surface area contributed by atoms with Crippen LogP contribution in [0.4, 0.5) is 0 Å². The van der Waals surface area contributed by atoms with Crippen molar-refractivity contribution in [3.63, 3.8) is 0 Å². The van der Waals surface area contributed by atoms with Crippen molar-refractivity contribution in [1.82, 2.24) is 0 Å². The Bertz CT molecular complexity index is 212. The summed E-state index contributed by atoms with van der Waals surface area (Å²) >= 11 is 0. The van der Waals surface area contributed by atoms with Gasteiger partial charge in [-0.2, -0.15) is 0 Å². The predicted octanol–water partition coefficient (Wildman–Crippen LogP) is 1.62. The average Bonchev–Trinajstić information content (AvgIpc) is 2.68. The van der Waals surface area contributed by atoms with Gasteiger partial charge in [0.05, 0.1) is 6.04 Å². The van der Waals surface area contributed by atoms with E-state index in [1.165, 1.54) is 30.5 Å². The van der Waals surface area contributed by atoms with E-state index < -0.39 is 0 Å². The molecule has 0 saturated heterocycles. The molecule has 2 aliphatic carbocycles. The normalized spacial score (nSPS) is 32.0. The third kappa shape index (κ3) is 1.44. The zero-order valence-electron chi connectivity index (χ0n) is 6.71. The van der Waals surface area contributed by atoms with Crippen molar-refractivity contribution in [2.24, 2.45) is 10.7 Å². The van der Waals surface area contributed by atoms with E-state index in [0.29, 0.717) is 6.04 Å². The number of aliphatic imine (C=N–C) groups is 1. The van der Waals surface area contributed by atoms with E-state index in [9.17, 15) is 0 Å². The van der Waals surface area contributed by atoms with Gasteiger partial charge in [0.25, 0.3) is 0 Å². The zero-order chi connectivity index (χ0) is 7.68. The molecule has 2 aliphatic rings. The molecule has 2 N–H and O–H groups in total. The second-order valence-electron chi connectivity index (χ2n) is 3.35. The van der Waals surface area contributed by atoms with Crippen molar-refractivity contribution in [1.29, 1.82) is 0 Å². The molecule has 2 nitrogen and oxygen atoms in total. The molecule has 60 valence electrons. The molecule has 0 spiro atoms. The van der Waals surface area contributed by atoms with E-state index in [0.717, 1.165) is 12.8 Å². The number of nitrogens with two attached hydrogens (primary N) is 1. The summed E-state index contributed by atoms with van der Waals surface area (Å²) in [5.74, 6) is 0. The minimum atomic E-state index is 0.651. The van der Waals surface area contributed by atoms with Gasteiger partial charge in [-0.05, 0) is 43.9 Å². The highest BCUT2D eigenvalue weighted by atomic mass is 14.8. The molecule has 0 heterocycles. The molecule has 0 atom stereocenters. The first-order chi connectivity index (χ1) is 5.40. The molecule has 0 aromatic rings. The Morgan fingerprint density at radius 3 is 2.82 bits per heavy atom. The molecule has 0 amide bonds. The predicted molar refractivity (Wildman–Crippen MR) is 46.6 cm³/mol. The van der Waals surface area contributed by atoms with Crippen LogP contribution >= 0.6 is 0 Å². The highest BCUT2D eigenvalue weighted by Gasteiger charge is 2.23. The Balaban J connectivity index is 2.10. The molecule has 2 saturated carbocycles. The van der Waals surface area contributed by atoms with Crippen LogP contribution in [0, 0.1) is 0 Å². The fourth-order valence-corrected chi connectivity index (χ4v) is 1.50. The molecular formula is C9H14N2. The zero-order valence-corrected chi connectivity index (χ0v) is 6.71. The smallest absolute Gasteiger partial charge is 0.0504 e. The Morgan fingerprint density at radius 2 is 2.18 bits per heavy atom. The van der Waals surface area contributed by atoms with Crippen LogP contribution in [0.5, 0.6) is 0 Å². The first-order valence-corrected chi connectivity index (χ1v) is 4.38. The molecular weight excluding hydrogens is 136 g/mol. The molecule has 2 rings (SSSR count). The number of nitrogens with zero attached hydrogens (tertiary/aromatic N) is 1. The largest absolute Gasteiger partial charge is 0.404 e. The monoisotopic (exact) mass is 150 g/mol. The van der Waals surface area contributed by atoms with E-state index in [-0.39, 0.29) is 0 Å². The molecule has 2 fully saturated rings. The minimum Gasteiger partial charge on any atom is -0.404 e. The minimum absolute atomic E-state index is 0.651. The third-order valence-corrected chi connectivity index (χ3v) is 2.32. The number of allylic oxidation sites excluding steroid dienone is 1. The summed E-state index contributed by atoms with van der Waals surface area (Å²) in [5.41, 5.74) is 8.05. The first-order valence-electron chi connectivity index (χ1n) is 4.38. The van der Waals surface area contributed by atoms with Gasteiger partial charge in [0.2, 0.25) is 0 Å². The van der Waals surface area contributed by atoms with Gasteiger partial charge in [0, 0.05) is 5.71 Å². The molecule has 0 aromatic heterocycles. The maximum atomic E-state index is 5.48. The lowest BCUT2D eigenvalue weighted by atomic mass is 10.2. The van der Waals surface area contributed by atoms with Gasteiger partial charge in [-0.15, -0.1) is 0 Å². The first kappa shape index (κ1) is 6.89. The Labute approximate surface area is 67.2 Å². The van der Waals surface area contributed by atoms with Crippen LogP contribution in [0.15, 0.2) is 16.8 Å². The lowest BCUT2D eigenvalue weighted by molar-refractivity contribution is 0.941. The highest BCUT2D eigenvalue weighted by Crippen LogP contribution is 2.28. The maximum absolute atomic E-state index is 5.48. The van der Waals surface area contributed by atoms with Gasteiger partial charge in [0.1, 0.15) is 0 Å². The Kier molecular flexibility index (Phi) is 1.68. The highest BCUT2D eigenvalue weighted by molar-refractivity contribution is 6.02. The van der Waals surface area contributed by atoms with E-state index >= 15 is 0 Å². The maximum Gasteiger partial charge on any atom is 0.0504 e. The van der Waals surface area contributed by atoms with Crippen molar-refractivity contribution in [3.8, 4) is 0 Å². The van der Waals surface area contributed by atoms with Crippen LogP contribution in [0.3, 0.4) is 0 Å². The lowest BCUT2D eigenvalue weighted by Gasteiger charge is -1.96. The molecule has 0 aliphatic heterocycles. The summed E-state index contributed by atoms with van der Waals surface area (Å²) in [6, 6.07) is 0.651. The molecule has 11 heavy (non-hydrogen) atoms. The second kappa shape index (κ2) is 2.68. The van der Waals surface area contributed by atoms with Crippen LogP contribution < -0.4 is 5.73 Å². The van der Waals surface area contributed by atoms with Crippen molar-refractivity contribution in [2.75, 3.05) is 0 Å². The Hall–Kier alpha value is -0.790. The SMILES string of the molecule is NC=C1CCCC1=NC1CC1. The average molecular weight is 150 g/mol. The van der Waals surface area contributed by atoms with E-state index in [2.05, 4.69) is 4.99 Å². The summed E-state index contributed by atoms with van der Waals surface area (Å²) in [7, 11) is 0. The topological polar surface area (TPSA) is 38.4 Å². The van der Waals surface area contributed by atoms with Crippen LogP contribution in [-0.4, -0.2) is 11.8 Å². The van der Waals surface area contributed by atoms with Crippen LogP contribution in [0.25, 0.3) is 0 Å². The molecule has 2 heteroatoms.